The number of hydrogen-bond acceptors (Lipinski definition) is 3. The van der Waals surface area contributed by atoms with Crippen molar-refractivity contribution in [3.63, 3.8) is 0 Å². The van der Waals surface area contributed by atoms with Crippen molar-refractivity contribution in [1.82, 2.24) is 4.98 Å². The Hall–Kier alpha value is -0.980. The Bertz CT molecular complexity index is 578. The highest BCUT2D eigenvalue weighted by Crippen LogP contribution is 2.28. The van der Waals surface area contributed by atoms with Gasteiger partial charge >= 0.3 is 0 Å². The molecule has 1 heterocycles. The van der Waals surface area contributed by atoms with Crippen LogP contribution in [0.25, 0.3) is 0 Å². The second kappa shape index (κ2) is 5.77. The number of nitrogens with two attached hydrogens (primary N) is 1. The van der Waals surface area contributed by atoms with Crippen molar-refractivity contribution in [3.05, 3.63) is 50.8 Å². The minimum Gasteiger partial charge on any atom is -0.439 e. The van der Waals surface area contributed by atoms with Crippen molar-refractivity contribution in [2.24, 2.45) is 5.73 Å². The number of benzene rings is 1. The van der Waals surface area contributed by atoms with E-state index in [4.69, 9.17) is 10.5 Å². The predicted molar refractivity (Wildman–Crippen MR) is 74.0 cm³/mol. The molecule has 0 amide bonds. The minimum atomic E-state index is -0.342. The van der Waals surface area contributed by atoms with E-state index in [9.17, 15) is 4.39 Å². The summed E-state index contributed by atoms with van der Waals surface area (Å²) in [6.45, 7) is 0.310. The van der Waals surface area contributed by atoms with Crippen LogP contribution in [0.15, 0.2) is 39.4 Å². The second-order valence-corrected chi connectivity index (χ2v) is 5.27. The van der Waals surface area contributed by atoms with E-state index in [1.807, 2.05) is 6.07 Å². The van der Waals surface area contributed by atoms with Gasteiger partial charge in [-0.3, -0.25) is 0 Å². The van der Waals surface area contributed by atoms with Crippen LogP contribution >= 0.6 is 31.9 Å². The monoisotopic (exact) mass is 374 g/mol. The molecule has 2 aromatic rings. The van der Waals surface area contributed by atoms with Crippen molar-refractivity contribution >= 4 is 31.9 Å². The van der Waals surface area contributed by atoms with E-state index >= 15 is 0 Å². The summed E-state index contributed by atoms with van der Waals surface area (Å²) in [5, 5.41) is 0. The summed E-state index contributed by atoms with van der Waals surface area (Å²) in [4.78, 5) is 4.14. The van der Waals surface area contributed by atoms with Gasteiger partial charge in [0.1, 0.15) is 11.6 Å². The van der Waals surface area contributed by atoms with Crippen LogP contribution in [0.4, 0.5) is 4.39 Å². The van der Waals surface area contributed by atoms with Gasteiger partial charge in [0.2, 0.25) is 5.88 Å². The first-order valence-electron chi connectivity index (χ1n) is 5.07. The third kappa shape index (κ3) is 3.07. The molecule has 94 valence electrons. The largest absolute Gasteiger partial charge is 0.439 e. The van der Waals surface area contributed by atoms with Crippen molar-refractivity contribution < 1.29 is 9.13 Å². The van der Waals surface area contributed by atoms with Crippen LogP contribution in [0.1, 0.15) is 5.56 Å². The van der Waals surface area contributed by atoms with E-state index in [2.05, 4.69) is 36.8 Å². The molecular formula is C12H9Br2FN2O. The van der Waals surface area contributed by atoms with E-state index in [-0.39, 0.29) is 5.82 Å². The molecular weight excluding hydrogens is 367 g/mol. The summed E-state index contributed by atoms with van der Waals surface area (Å²) in [6, 6.07) is 6.23. The van der Waals surface area contributed by atoms with Gasteiger partial charge in [-0.25, -0.2) is 9.37 Å². The van der Waals surface area contributed by atoms with Gasteiger partial charge in [-0.1, -0.05) is 0 Å². The number of rotatable bonds is 3. The fourth-order valence-electron chi connectivity index (χ4n) is 1.36. The maximum atomic E-state index is 13.1. The molecule has 0 aliphatic heterocycles. The summed E-state index contributed by atoms with van der Waals surface area (Å²) < 4.78 is 19.8. The number of ether oxygens (including phenoxy) is 1. The highest BCUT2D eigenvalue weighted by Gasteiger charge is 2.08. The van der Waals surface area contributed by atoms with E-state index < -0.39 is 0 Å². The predicted octanol–water partition coefficient (Wildman–Crippen LogP) is 4.00. The minimum absolute atomic E-state index is 0.310. The lowest BCUT2D eigenvalue weighted by Gasteiger charge is -2.09. The SMILES string of the molecule is NCc1cc(Br)cnc1Oc1ccc(F)c(Br)c1. The second-order valence-electron chi connectivity index (χ2n) is 3.50. The highest BCUT2D eigenvalue weighted by molar-refractivity contribution is 9.10. The lowest BCUT2D eigenvalue weighted by Crippen LogP contribution is -2.01. The number of hydrogen-bond donors (Lipinski definition) is 1. The van der Waals surface area contributed by atoms with Crippen molar-refractivity contribution in [3.8, 4) is 11.6 Å². The maximum absolute atomic E-state index is 13.1. The van der Waals surface area contributed by atoms with Crippen LogP contribution in [-0.4, -0.2) is 4.98 Å². The molecule has 6 heteroatoms. The lowest BCUT2D eigenvalue weighted by atomic mass is 10.3. The number of pyridine rings is 1. The first-order valence-corrected chi connectivity index (χ1v) is 6.66. The van der Waals surface area contributed by atoms with Gasteiger partial charge < -0.3 is 10.5 Å². The van der Waals surface area contributed by atoms with Crippen LogP contribution in [0.3, 0.4) is 0 Å². The van der Waals surface area contributed by atoms with Crippen LogP contribution in [-0.2, 0) is 6.54 Å². The molecule has 18 heavy (non-hydrogen) atoms. The molecule has 2 N–H and O–H groups in total. The van der Waals surface area contributed by atoms with Gasteiger partial charge in [0, 0.05) is 22.8 Å². The van der Waals surface area contributed by atoms with Crippen LogP contribution < -0.4 is 10.5 Å². The average molecular weight is 376 g/mol. The molecule has 3 nitrogen and oxygen atoms in total. The quantitative estimate of drug-likeness (QED) is 0.882. The molecule has 0 unspecified atom stereocenters. The topological polar surface area (TPSA) is 48.1 Å². The van der Waals surface area contributed by atoms with E-state index in [1.165, 1.54) is 12.1 Å². The Kier molecular flexibility index (Phi) is 4.31. The smallest absolute Gasteiger partial charge is 0.223 e. The van der Waals surface area contributed by atoms with E-state index in [0.29, 0.717) is 22.6 Å². The summed E-state index contributed by atoms with van der Waals surface area (Å²) in [7, 11) is 0. The summed E-state index contributed by atoms with van der Waals surface area (Å²) in [5.41, 5.74) is 6.39. The summed E-state index contributed by atoms with van der Waals surface area (Å²) in [5.74, 6) is 0.567. The Labute approximate surface area is 120 Å². The number of aromatic nitrogens is 1. The highest BCUT2D eigenvalue weighted by atomic mass is 79.9. The van der Waals surface area contributed by atoms with Crippen molar-refractivity contribution in [2.75, 3.05) is 0 Å². The van der Waals surface area contributed by atoms with Gasteiger partial charge in [0.15, 0.2) is 0 Å². The molecule has 0 saturated carbocycles. The van der Waals surface area contributed by atoms with Gasteiger partial charge in [-0.15, -0.1) is 0 Å². The fourth-order valence-corrected chi connectivity index (χ4v) is 2.10. The maximum Gasteiger partial charge on any atom is 0.223 e. The molecule has 2 rings (SSSR count). The van der Waals surface area contributed by atoms with Gasteiger partial charge in [-0.05, 0) is 56.1 Å². The molecule has 0 atom stereocenters. The molecule has 0 spiro atoms. The molecule has 0 fully saturated rings. The Morgan fingerprint density at radius 1 is 1.28 bits per heavy atom. The Balaban J connectivity index is 2.30. The molecule has 0 aliphatic rings. The third-order valence-electron chi connectivity index (χ3n) is 2.22. The van der Waals surface area contributed by atoms with Crippen LogP contribution in [0.5, 0.6) is 11.6 Å². The average Bonchev–Trinajstić information content (AvgIpc) is 2.36. The number of nitrogens with zero attached hydrogens (tertiary/aromatic N) is 1. The molecule has 0 saturated heterocycles. The molecule has 0 aliphatic carbocycles. The number of halogens is 3. The normalized spacial score (nSPS) is 10.4. The molecule has 1 aromatic carbocycles. The van der Waals surface area contributed by atoms with Gasteiger partial charge in [0.05, 0.1) is 4.47 Å². The zero-order valence-electron chi connectivity index (χ0n) is 9.16. The zero-order valence-corrected chi connectivity index (χ0v) is 12.3. The molecule has 0 radical (unpaired) electrons. The van der Waals surface area contributed by atoms with Gasteiger partial charge in [-0.2, -0.15) is 0 Å². The lowest BCUT2D eigenvalue weighted by molar-refractivity contribution is 0.454. The summed E-state index contributed by atoms with van der Waals surface area (Å²) in [6.07, 6.45) is 1.62. The fraction of sp³-hybridized carbons (Fsp3) is 0.0833. The zero-order chi connectivity index (χ0) is 13.1. The third-order valence-corrected chi connectivity index (χ3v) is 3.26. The summed E-state index contributed by atoms with van der Waals surface area (Å²) >= 11 is 6.41. The molecule has 0 bridgehead atoms. The first kappa shape index (κ1) is 13.5. The van der Waals surface area contributed by atoms with Gasteiger partial charge in [0.25, 0.3) is 0 Å². The first-order chi connectivity index (χ1) is 8.60. The van der Waals surface area contributed by atoms with Crippen LogP contribution in [0, 0.1) is 5.82 Å². The van der Waals surface area contributed by atoms with E-state index in [1.54, 1.807) is 12.3 Å². The van der Waals surface area contributed by atoms with E-state index in [0.717, 1.165) is 10.0 Å². The Morgan fingerprint density at radius 2 is 2.06 bits per heavy atom. The Morgan fingerprint density at radius 3 is 2.72 bits per heavy atom. The van der Waals surface area contributed by atoms with Crippen molar-refractivity contribution in [2.45, 2.75) is 6.54 Å². The molecule has 1 aromatic heterocycles. The standard InChI is InChI=1S/C12H9Br2FN2O/c13-8-3-7(5-16)12(17-6-8)18-9-1-2-11(15)10(14)4-9/h1-4,6H,5,16H2. The van der Waals surface area contributed by atoms with Crippen LogP contribution in [0.2, 0.25) is 0 Å². The van der Waals surface area contributed by atoms with Crippen molar-refractivity contribution in [1.29, 1.82) is 0 Å².